The van der Waals surface area contributed by atoms with Crippen molar-refractivity contribution >= 4 is 17.5 Å². The molecule has 3 fully saturated rings. The minimum absolute atomic E-state index is 0.114. The molecular weight excluding hydrogens is 392 g/mol. The molecule has 2 aromatic rings. The number of nitrogens with zero attached hydrogens (tertiary/aromatic N) is 3. The number of nitrogens with one attached hydrogen (secondary N) is 1. The molecule has 1 saturated heterocycles. The van der Waals surface area contributed by atoms with E-state index in [1.807, 2.05) is 6.07 Å². The van der Waals surface area contributed by atoms with E-state index in [4.69, 9.17) is 0 Å². The number of β-amino-alcohol motifs (C(OH)–C–C–N with tert-alkyl or cyclic N) is 1. The normalized spacial score (nSPS) is 28.4. The lowest BCUT2D eigenvalue weighted by Gasteiger charge is -2.48. The zero-order valence-corrected chi connectivity index (χ0v) is 18.2. The van der Waals surface area contributed by atoms with Crippen molar-refractivity contribution in [3.8, 4) is 0 Å². The summed E-state index contributed by atoms with van der Waals surface area (Å²) in [5.74, 6) is 1.27. The van der Waals surface area contributed by atoms with Gasteiger partial charge in [0.25, 0.3) is 11.8 Å². The van der Waals surface area contributed by atoms with Crippen LogP contribution in [-0.2, 0) is 0 Å². The minimum atomic E-state index is -0.451. The number of rotatable bonds is 5. The number of carbonyl (C=O) groups excluding carboxylic acids is 2. The highest BCUT2D eigenvalue weighted by Crippen LogP contribution is 2.51. The third kappa shape index (κ3) is 3.84. The molecular formula is C24H32N4O3. The fourth-order valence-corrected chi connectivity index (χ4v) is 6.12. The monoisotopic (exact) mass is 424 g/mol. The van der Waals surface area contributed by atoms with Gasteiger partial charge in [-0.25, -0.2) is 4.98 Å². The summed E-state index contributed by atoms with van der Waals surface area (Å²) in [6.07, 6.45) is 10.0. The van der Waals surface area contributed by atoms with Crippen LogP contribution in [0.3, 0.4) is 0 Å². The Morgan fingerprint density at radius 2 is 2.13 bits per heavy atom. The Bertz CT molecular complexity index is 996. The molecule has 2 saturated carbocycles. The predicted molar refractivity (Wildman–Crippen MR) is 117 cm³/mol. The van der Waals surface area contributed by atoms with Crippen LogP contribution in [0.1, 0.15) is 72.8 Å². The number of fused-ring (bicyclic) bond motifs is 3. The summed E-state index contributed by atoms with van der Waals surface area (Å²) in [5, 5.41) is 12.7. The van der Waals surface area contributed by atoms with Crippen LogP contribution in [0.5, 0.6) is 0 Å². The molecule has 2 N–H and O–H groups in total. The van der Waals surface area contributed by atoms with Crippen molar-refractivity contribution in [1.82, 2.24) is 19.6 Å². The van der Waals surface area contributed by atoms with Crippen molar-refractivity contribution in [3.63, 3.8) is 0 Å². The maximum absolute atomic E-state index is 13.1. The van der Waals surface area contributed by atoms with Gasteiger partial charge in [0.2, 0.25) is 0 Å². The summed E-state index contributed by atoms with van der Waals surface area (Å²) in [6, 6.07) is 5.39. The summed E-state index contributed by atoms with van der Waals surface area (Å²) in [5.41, 5.74) is 1.62. The highest BCUT2D eigenvalue weighted by atomic mass is 16.3. The van der Waals surface area contributed by atoms with Gasteiger partial charge in [-0.05, 0) is 55.1 Å². The van der Waals surface area contributed by atoms with Crippen LogP contribution in [0, 0.1) is 17.3 Å². The molecule has 3 atom stereocenters. The average Bonchev–Trinajstić information content (AvgIpc) is 3.19. The minimum Gasteiger partial charge on any atom is -0.389 e. The number of pyridine rings is 1. The molecule has 5 rings (SSSR count). The number of aliphatic hydroxyl groups excluding tert-OH is 1. The maximum Gasteiger partial charge on any atom is 0.274 e. The Morgan fingerprint density at radius 1 is 1.29 bits per heavy atom. The molecule has 7 heteroatoms. The summed E-state index contributed by atoms with van der Waals surface area (Å²) >= 11 is 0. The molecule has 7 nitrogen and oxygen atoms in total. The van der Waals surface area contributed by atoms with Crippen LogP contribution in [0.2, 0.25) is 0 Å². The summed E-state index contributed by atoms with van der Waals surface area (Å²) in [4.78, 5) is 31.7. The van der Waals surface area contributed by atoms with Gasteiger partial charge in [-0.3, -0.25) is 14.0 Å². The number of likely N-dealkylation sites (tertiary alicyclic amines) is 1. The molecule has 2 aliphatic carbocycles. The number of hydrogen-bond donors (Lipinski definition) is 2. The summed E-state index contributed by atoms with van der Waals surface area (Å²) in [7, 11) is 0. The van der Waals surface area contributed by atoms with Crippen LogP contribution in [0.4, 0.5) is 0 Å². The van der Waals surface area contributed by atoms with Gasteiger partial charge in [0, 0.05) is 25.8 Å². The number of imidazole rings is 1. The number of carbonyl (C=O) groups is 2. The first-order chi connectivity index (χ1) is 15.0. The largest absolute Gasteiger partial charge is 0.389 e. The van der Waals surface area contributed by atoms with Gasteiger partial charge in [-0.15, -0.1) is 0 Å². The van der Waals surface area contributed by atoms with E-state index >= 15 is 0 Å². The van der Waals surface area contributed by atoms with Crippen molar-refractivity contribution < 1.29 is 14.7 Å². The second-order valence-electron chi connectivity index (χ2n) is 9.99. The molecule has 2 aromatic heterocycles. The summed E-state index contributed by atoms with van der Waals surface area (Å²) in [6.45, 7) is 3.68. The SMILES string of the molecule is CCC1CC2CCCC(CNC(=O)c3cccc4nc(C(=O)N5CC(O)C5)cn34)(C1)C2. The van der Waals surface area contributed by atoms with Gasteiger partial charge in [0.15, 0.2) is 0 Å². The fraction of sp³-hybridized carbons (Fsp3) is 0.625. The molecule has 3 unspecified atom stereocenters. The first kappa shape index (κ1) is 20.5. The molecule has 0 aromatic carbocycles. The number of aromatic nitrogens is 2. The Balaban J connectivity index is 1.32. The van der Waals surface area contributed by atoms with E-state index in [2.05, 4.69) is 17.2 Å². The van der Waals surface area contributed by atoms with Crippen molar-refractivity contribution in [1.29, 1.82) is 0 Å². The predicted octanol–water partition coefficient (Wildman–Crippen LogP) is 2.88. The van der Waals surface area contributed by atoms with Crippen LogP contribution >= 0.6 is 0 Å². The molecule has 31 heavy (non-hydrogen) atoms. The topological polar surface area (TPSA) is 86.9 Å². The third-order valence-electron chi connectivity index (χ3n) is 7.72. The lowest BCUT2D eigenvalue weighted by atomic mass is 9.58. The number of aliphatic hydroxyl groups is 1. The van der Waals surface area contributed by atoms with Crippen molar-refractivity contribution in [2.45, 2.75) is 58.0 Å². The second kappa shape index (κ2) is 7.93. The fourth-order valence-electron chi connectivity index (χ4n) is 6.12. The lowest BCUT2D eigenvalue weighted by molar-refractivity contribution is 0.00555. The zero-order valence-electron chi connectivity index (χ0n) is 18.2. The van der Waals surface area contributed by atoms with E-state index in [0.717, 1.165) is 18.4 Å². The first-order valence-electron chi connectivity index (χ1n) is 11.7. The van der Waals surface area contributed by atoms with E-state index in [9.17, 15) is 14.7 Å². The quantitative estimate of drug-likeness (QED) is 0.773. The maximum atomic E-state index is 13.1. The van der Waals surface area contributed by atoms with Gasteiger partial charge in [-0.1, -0.05) is 32.3 Å². The van der Waals surface area contributed by atoms with Crippen LogP contribution in [0.25, 0.3) is 5.65 Å². The van der Waals surface area contributed by atoms with Gasteiger partial charge in [-0.2, -0.15) is 0 Å². The van der Waals surface area contributed by atoms with Gasteiger partial charge in [0.05, 0.1) is 6.10 Å². The van der Waals surface area contributed by atoms with E-state index in [1.54, 1.807) is 27.6 Å². The molecule has 0 radical (unpaired) electrons. The third-order valence-corrected chi connectivity index (χ3v) is 7.72. The highest BCUT2D eigenvalue weighted by molar-refractivity contribution is 5.96. The Kier molecular flexibility index (Phi) is 5.24. The van der Waals surface area contributed by atoms with Crippen LogP contribution < -0.4 is 5.32 Å². The molecule has 1 aliphatic heterocycles. The Hall–Kier alpha value is -2.41. The van der Waals surface area contributed by atoms with E-state index in [0.29, 0.717) is 30.1 Å². The average molecular weight is 425 g/mol. The van der Waals surface area contributed by atoms with Gasteiger partial charge in [0.1, 0.15) is 17.0 Å². The Labute approximate surface area is 182 Å². The highest BCUT2D eigenvalue weighted by Gasteiger charge is 2.42. The van der Waals surface area contributed by atoms with E-state index in [1.165, 1.54) is 44.9 Å². The molecule has 166 valence electrons. The van der Waals surface area contributed by atoms with E-state index in [-0.39, 0.29) is 17.2 Å². The van der Waals surface area contributed by atoms with Crippen LogP contribution in [0.15, 0.2) is 24.4 Å². The Morgan fingerprint density at radius 3 is 2.90 bits per heavy atom. The van der Waals surface area contributed by atoms with Gasteiger partial charge >= 0.3 is 0 Å². The number of hydrogen-bond acceptors (Lipinski definition) is 4. The smallest absolute Gasteiger partial charge is 0.274 e. The lowest BCUT2D eigenvalue weighted by Crippen LogP contribution is -2.53. The standard InChI is InChI=1S/C24H32N4O3/c1-2-16-9-17-5-4-8-24(10-16,11-17)15-25-22(30)20-6-3-7-21-26-19(14-28(20)21)23(31)27-12-18(29)13-27/h3,6-7,14,16-18,29H,2,4-5,8-13,15H2,1H3,(H,25,30). The van der Waals surface area contributed by atoms with Crippen molar-refractivity contribution in [3.05, 3.63) is 35.8 Å². The molecule has 2 amide bonds. The second-order valence-corrected chi connectivity index (χ2v) is 9.99. The summed E-state index contributed by atoms with van der Waals surface area (Å²) < 4.78 is 1.70. The van der Waals surface area contributed by atoms with Crippen molar-refractivity contribution in [2.24, 2.45) is 17.3 Å². The van der Waals surface area contributed by atoms with E-state index < -0.39 is 6.10 Å². The van der Waals surface area contributed by atoms with Gasteiger partial charge < -0.3 is 15.3 Å². The first-order valence-corrected chi connectivity index (χ1v) is 11.7. The van der Waals surface area contributed by atoms with Crippen LogP contribution in [-0.4, -0.2) is 56.9 Å². The number of amides is 2. The molecule has 3 heterocycles. The van der Waals surface area contributed by atoms with Crippen molar-refractivity contribution in [2.75, 3.05) is 19.6 Å². The zero-order chi connectivity index (χ0) is 21.6. The molecule has 3 aliphatic rings. The molecule has 0 spiro atoms. The molecule has 2 bridgehead atoms.